The van der Waals surface area contributed by atoms with E-state index in [1.54, 1.807) is 19.2 Å². The van der Waals surface area contributed by atoms with Crippen molar-refractivity contribution in [1.29, 1.82) is 0 Å². The number of nitrogens with two attached hydrogens (primary N) is 1. The molecule has 0 saturated heterocycles. The number of nitrogen functional groups attached to an aromatic ring is 1. The fourth-order valence-corrected chi connectivity index (χ4v) is 1.52. The van der Waals surface area contributed by atoms with Crippen molar-refractivity contribution in [2.24, 2.45) is 0 Å². The van der Waals surface area contributed by atoms with Gasteiger partial charge in [0.15, 0.2) is 6.10 Å². The number of aromatic nitrogens is 2. The molecule has 7 nitrogen and oxygen atoms in total. The second-order valence-corrected chi connectivity index (χ2v) is 3.96. The van der Waals surface area contributed by atoms with Gasteiger partial charge in [-0.05, 0) is 19.4 Å². The Bertz CT molecular complexity index is 430. The van der Waals surface area contributed by atoms with Crippen LogP contribution in [-0.2, 0) is 25.6 Å². The quantitative estimate of drug-likeness (QED) is 0.733. The molecule has 0 aliphatic heterocycles. The van der Waals surface area contributed by atoms with Crippen LogP contribution in [0.1, 0.15) is 26.7 Å². The van der Waals surface area contributed by atoms with E-state index in [0.717, 1.165) is 0 Å². The van der Waals surface area contributed by atoms with E-state index in [1.165, 1.54) is 4.68 Å². The number of anilines is 1. The van der Waals surface area contributed by atoms with Crippen molar-refractivity contribution in [3.05, 3.63) is 12.3 Å². The predicted octanol–water partition coefficient (Wildman–Crippen LogP) is 0.740. The van der Waals surface area contributed by atoms with E-state index in [4.69, 9.17) is 15.2 Å². The number of ether oxygens (including phenoxy) is 2. The van der Waals surface area contributed by atoms with Gasteiger partial charge in [0, 0.05) is 6.20 Å². The molecule has 0 bridgehead atoms. The number of nitrogens with zero attached hydrogens (tertiary/aromatic N) is 2. The van der Waals surface area contributed by atoms with Gasteiger partial charge in [-0.3, -0.25) is 9.48 Å². The van der Waals surface area contributed by atoms with Gasteiger partial charge >= 0.3 is 11.9 Å². The third kappa shape index (κ3) is 4.99. The standard InChI is InChI=1S/C12H19N3O4/c1-3-5-9(12(17)18-4-2)19-11(16)8-15-7-6-10(13)14-15/h6-7,9H,3-5,8H2,1-2H3,(H2,13,14). The van der Waals surface area contributed by atoms with Gasteiger partial charge in [-0.2, -0.15) is 5.10 Å². The zero-order chi connectivity index (χ0) is 14.3. The molecule has 1 aromatic rings. The van der Waals surface area contributed by atoms with Gasteiger partial charge in [-0.1, -0.05) is 13.3 Å². The molecule has 106 valence electrons. The number of esters is 2. The highest BCUT2D eigenvalue weighted by Crippen LogP contribution is 2.06. The van der Waals surface area contributed by atoms with E-state index in [-0.39, 0.29) is 13.2 Å². The fraction of sp³-hybridized carbons (Fsp3) is 0.583. The Labute approximate surface area is 111 Å². The van der Waals surface area contributed by atoms with Crippen LogP contribution >= 0.6 is 0 Å². The van der Waals surface area contributed by atoms with Gasteiger partial charge in [-0.25, -0.2) is 4.79 Å². The highest BCUT2D eigenvalue weighted by atomic mass is 16.6. The van der Waals surface area contributed by atoms with Crippen LogP contribution < -0.4 is 5.73 Å². The summed E-state index contributed by atoms with van der Waals surface area (Å²) < 4.78 is 11.3. The first-order valence-corrected chi connectivity index (χ1v) is 6.21. The van der Waals surface area contributed by atoms with Crippen LogP contribution in [0.3, 0.4) is 0 Å². The van der Waals surface area contributed by atoms with Gasteiger partial charge in [0.1, 0.15) is 12.4 Å². The van der Waals surface area contributed by atoms with Gasteiger partial charge < -0.3 is 15.2 Å². The monoisotopic (exact) mass is 269 g/mol. The highest BCUT2D eigenvalue weighted by Gasteiger charge is 2.23. The maximum Gasteiger partial charge on any atom is 0.347 e. The second-order valence-electron chi connectivity index (χ2n) is 3.96. The summed E-state index contributed by atoms with van der Waals surface area (Å²) >= 11 is 0. The zero-order valence-corrected chi connectivity index (χ0v) is 11.2. The van der Waals surface area contributed by atoms with E-state index in [0.29, 0.717) is 18.7 Å². The highest BCUT2D eigenvalue weighted by molar-refractivity contribution is 5.79. The minimum absolute atomic E-state index is 0.0865. The van der Waals surface area contributed by atoms with Crippen LogP contribution in [0.2, 0.25) is 0 Å². The minimum atomic E-state index is -0.856. The van der Waals surface area contributed by atoms with Crippen molar-refractivity contribution in [3.8, 4) is 0 Å². The summed E-state index contributed by atoms with van der Waals surface area (Å²) in [5.41, 5.74) is 5.43. The van der Waals surface area contributed by atoms with Gasteiger partial charge in [0.05, 0.1) is 6.61 Å². The van der Waals surface area contributed by atoms with E-state index in [1.807, 2.05) is 6.92 Å². The van der Waals surface area contributed by atoms with Gasteiger partial charge in [0.2, 0.25) is 0 Å². The Morgan fingerprint density at radius 2 is 2.21 bits per heavy atom. The molecular weight excluding hydrogens is 250 g/mol. The normalized spacial score (nSPS) is 11.9. The van der Waals surface area contributed by atoms with E-state index >= 15 is 0 Å². The first kappa shape index (κ1) is 15.0. The summed E-state index contributed by atoms with van der Waals surface area (Å²) in [7, 11) is 0. The second kappa shape index (κ2) is 7.40. The Morgan fingerprint density at radius 3 is 2.74 bits per heavy atom. The third-order valence-corrected chi connectivity index (χ3v) is 2.33. The first-order chi connectivity index (χ1) is 9.06. The molecule has 0 saturated carbocycles. The molecule has 1 rings (SSSR count). The Kier molecular flexibility index (Phi) is 5.84. The van der Waals surface area contributed by atoms with Crippen LogP contribution in [0.25, 0.3) is 0 Å². The largest absolute Gasteiger partial charge is 0.463 e. The Morgan fingerprint density at radius 1 is 1.47 bits per heavy atom. The topological polar surface area (TPSA) is 96.4 Å². The lowest BCUT2D eigenvalue weighted by Gasteiger charge is -2.15. The molecule has 2 N–H and O–H groups in total. The lowest BCUT2D eigenvalue weighted by Crippen LogP contribution is -2.30. The smallest absolute Gasteiger partial charge is 0.347 e. The van der Waals surface area contributed by atoms with E-state index in [9.17, 15) is 9.59 Å². The van der Waals surface area contributed by atoms with Crippen LogP contribution in [0.4, 0.5) is 5.82 Å². The Hall–Kier alpha value is -2.05. The third-order valence-electron chi connectivity index (χ3n) is 2.33. The average Bonchev–Trinajstić information content (AvgIpc) is 2.74. The Balaban J connectivity index is 2.53. The molecule has 0 amide bonds. The van der Waals surface area contributed by atoms with Crippen molar-refractivity contribution in [2.75, 3.05) is 12.3 Å². The van der Waals surface area contributed by atoms with Crippen LogP contribution in [0, 0.1) is 0 Å². The van der Waals surface area contributed by atoms with Gasteiger partial charge in [0.25, 0.3) is 0 Å². The molecule has 0 aliphatic carbocycles. The van der Waals surface area contributed by atoms with Crippen molar-refractivity contribution < 1.29 is 19.1 Å². The van der Waals surface area contributed by atoms with E-state index < -0.39 is 18.0 Å². The summed E-state index contributed by atoms with van der Waals surface area (Å²) in [6.45, 7) is 3.77. The van der Waals surface area contributed by atoms with Crippen molar-refractivity contribution >= 4 is 17.8 Å². The summed E-state index contributed by atoms with van der Waals surface area (Å²) in [5.74, 6) is -0.740. The maximum absolute atomic E-state index is 11.7. The first-order valence-electron chi connectivity index (χ1n) is 6.21. The molecule has 0 aliphatic rings. The van der Waals surface area contributed by atoms with Crippen LogP contribution in [0.5, 0.6) is 0 Å². The van der Waals surface area contributed by atoms with Crippen molar-refractivity contribution in [3.63, 3.8) is 0 Å². The lowest BCUT2D eigenvalue weighted by atomic mass is 10.2. The summed E-state index contributed by atoms with van der Waals surface area (Å²) in [5, 5.41) is 3.86. The molecule has 0 fully saturated rings. The maximum atomic E-state index is 11.7. The molecule has 1 aromatic heterocycles. The number of hydrogen-bond acceptors (Lipinski definition) is 6. The van der Waals surface area contributed by atoms with Gasteiger partial charge in [-0.15, -0.1) is 0 Å². The lowest BCUT2D eigenvalue weighted by molar-refractivity contribution is -0.168. The molecule has 19 heavy (non-hydrogen) atoms. The summed E-state index contributed by atoms with van der Waals surface area (Å²) in [4.78, 5) is 23.3. The van der Waals surface area contributed by atoms with Crippen molar-refractivity contribution in [2.45, 2.75) is 39.3 Å². The fourth-order valence-electron chi connectivity index (χ4n) is 1.52. The van der Waals surface area contributed by atoms with E-state index in [2.05, 4.69) is 5.10 Å². The summed E-state index contributed by atoms with van der Waals surface area (Å²) in [6, 6.07) is 1.57. The molecule has 0 spiro atoms. The number of carbonyl (C=O) groups is 2. The van der Waals surface area contributed by atoms with Crippen LogP contribution in [-0.4, -0.2) is 34.4 Å². The number of carbonyl (C=O) groups excluding carboxylic acids is 2. The minimum Gasteiger partial charge on any atom is -0.463 e. The zero-order valence-electron chi connectivity index (χ0n) is 11.2. The number of hydrogen-bond donors (Lipinski definition) is 1. The average molecular weight is 269 g/mol. The molecule has 1 unspecified atom stereocenters. The molecular formula is C12H19N3O4. The molecule has 0 aromatic carbocycles. The molecule has 7 heteroatoms. The predicted molar refractivity (Wildman–Crippen MR) is 68.1 cm³/mol. The number of rotatable bonds is 7. The van der Waals surface area contributed by atoms with Crippen LogP contribution in [0.15, 0.2) is 12.3 Å². The molecule has 1 heterocycles. The SMILES string of the molecule is CCCC(OC(=O)Cn1ccc(N)n1)C(=O)OCC. The van der Waals surface area contributed by atoms with Crippen molar-refractivity contribution in [1.82, 2.24) is 9.78 Å². The molecule has 0 radical (unpaired) electrons. The molecule has 1 atom stereocenters. The summed E-state index contributed by atoms with van der Waals surface area (Å²) in [6.07, 6.45) is 1.86.